The fourth-order valence-corrected chi connectivity index (χ4v) is 1.28. The summed E-state index contributed by atoms with van der Waals surface area (Å²) >= 11 is 0. The molecule has 19 heavy (non-hydrogen) atoms. The number of methoxy groups -OCH3 is 1. The summed E-state index contributed by atoms with van der Waals surface area (Å²) in [6.45, 7) is 1.69. The van der Waals surface area contributed by atoms with Crippen LogP contribution in [0, 0.1) is 5.82 Å². The Hall–Kier alpha value is -2.15. The highest BCUT2D eigenvalue weighted by Gasteiger charge is 2.24. The molecule has 6 nitrogen and oxygen atoms in total. The number of nitrogens with two attached hydrogens (primary N) is 1. The van der Waals surface area contributed by atoms with Crippen LogP contribution < -0.4 is 15.8 Å². The number of ether oxygens (including phenoxy) is 2. The Morgan fingerprint density at radius 3 is 2.74 bits per heavy atom. The number of anilines is 1. The molecule has 1 aromatic rings. The topological polar surface area (TPSA) is 90.7 Å². The van der Waals surface area contributed by atoms with Crippen molar-refractivity contribution >= 4 is 17.6 Å². The number of esters is 1. The van der Waals surface area contributed by atoms with Crippen LogP contribution in [0.2, 0.25) is 0 Å². The summed E-state index contributed by atoms with van der Waals surface area (Å²) in [6.07, 6.45) is 0. The van der Waals surface area contributed by atoms with Gasteiger partial charge in [-0.2, -0.15) is 0 Å². The van der Waals surface area contributed by atoms with E-state index >= 15 is 0 Å². The standard InChI is InChI=1S/C12H15FN2O4/c1-3-19-12(17)10(14)11(16)15-9-6-7(18-2)4-5-8(9)13/h4-6,10H,3,14H2,1-2H3,(H,15,16). The third-order valence-corrected chi connectivity index (χ3v) is 2.25. The fraction of sp³-hybridized carbons (Fsp3) is 0.333. The Morgan fingerprint density at radius 2 is 2.16 bits per heavy atom. The maximum Gasteiger partial charge on any atom is 0.332 e. The van der Waals surface area contributed by atoms with E-state index in [1.807, 2.05) is 0 Å². The van der Waals surface area contributed by atoms with Gasteiger partial charge in [-0.3, -0.25) is 4.79 Å². The molecule has 0 aliphatic rings. The van der Waals surface area contributed by atoms with Crippen molar-refractivity contribution in [1.29, 1.82) is 0 Å². The molecule has 7 heteroatoms. The number of nitrogens with one attached hydrogen (secondary N) is 1. The lowest BCUT2D eigenvalue weighted by molar-refractivity contribution is -0.146. The highest BCUT2D eigenvalue weighted by atomic mass is 19.1. The van der Waals surface area contributed by atoms with Gasteiger partial charge in [0.2, 0.25) is 0 Å². The van der Waals surface area contributed by atoms with Crippen LogP contribution in [0.25, 0.3) is 0 Å². The zero-order valence-electron chi connectivity index (χ0n) is 10.6. The minimum absolute atomic E-state index is 0.104. The van der Waals surface area contributed by atoms with Gasteiger partial charge in [0.05, 0.1) is 19.4 Å². The Balaban J connectivity index is 2.79. The van der Waals surface area contributed by atoms with E-state index in [-0.39, 0.29) is 12.3 Å². The van der Waals surface area contributed by atoms with Gasteiger partial charge in [0.1, 0.15) is 11.6 Å². The Morgan fingerprint density at radius 1 is 1.47 bits per heavy atom. The molecular weight excluding hydrogens is 255 g/mol. The number of hydrogen-bond acceptors (Lipinski definition) is 5. The monoisotopic (exact) mass is 270 g/mol. The first-order valence-electron chi connectivity index (χ1n) is 5.56. The second-order valence-corrected chi connectivity index (χ2v) is 3.56. The van der Waals surface area contributed by atoms with Gasteiger partial charge in [0.15, 0.2) is 6.04 Å². The third kappa shape index (κ3) is 3.92. The predicted molar refractivity (Wildman–Crippen MR) is 66.2 cm³/mol. The van der Waals surface area contributed by atoms with Crippen molar-refractivity contribution in [3.8, 4) is 5.75 Å². The first-order valence-corrected chi connectivity index (χ1v) is 5.56. The lowest BCUT2D eigenvalue weighted by atomic mass is 10.2. The maximum absolute atomic E-state index is 13.5. The Bertz CT molecular complexity index is 479. The van der Waals surface area contributed by atoms with E-state index in [0.29, 0.717) is 5.75 Å². The first-order chi connectivity index (χ1) is 8.99. The van der Waals surface area contributed by atoms with Crippen molar-refractivity contribution in [3.63, 3.8) is 0 Å². The summed E-state index contributed by atoms with van der Waals surface area (Å²) in [4.78, 5) is 22.9. The van der Waals surface area contributed by atoms with Gasteiger partial charge in [0, 0.05) is 6.07 Å². The van der Waals surface area contributed by atoms with Crippen LogP contribution in [0.5, 0.6) is 5.75 Å². The molecule has 0 radical (unpaired) electrons. The smallest absolute Gasteiger partial charge is 0.332 e. The number of benzene rings is 1. The van der Waals surface area contributed by atoms with Crippen molar-refractivity contribution < 1.29 is 23.5 Å². The number of halogens is 1. The SMILES string of the molecule is CCOC(=O)C(N)C(=O)Nc1cc(OC)ccc1F. The predicted octanol–water partition coefficient (Wildman–Crippen LogP) is 0.663. The molecule has 0 spiro atoms. The van der Waals surface area contributed by atoms with Crippen LogP contribution in [-0.2, 0) is 14.3 Å². The van der Waals surface area contributed by atoms with Crippen LogP contribution in [0.3, 0.4) is 0 Å². The molecule has 0 aromatic heterocycles. The van der Waals surface area contributed by atoms with E-state index in [1.165, 1.54) is 19.2 Å². The lowest BCUT2D eigenvalue weighted by Gasteiger charge is -2.12. The molecule has 1 unspecified atom stereocenters. The zero-order valence-corrected chi connectivity index (χ0v) is 10.6. The molecule has 1 aromatic carbocycles. The molecule has 104 valence electrons. The summed E-state index contributed by atoms with van der Waals surface area (Å²) < 4.78 is 22.9. The number of carbonyl (C=O) groups excluding carboxylic acids is 2. The first kappa shape index (κ1) is 14.9. The van der Waals surface area contributed by atoms with Gasteiger partial charge in [0.25, 0.3) is 5.91 Å². The quantitative estimate of drug-likeness (QED) is 0.606. The average molecular weight is 270 g/mol. The summed E-state index contributed by atoms with van der Waals surface area (Å²) in [5.41, 5.74) is 5.25. The van der Waals surface area contributed by atoms with Crippen molar-refractivity contribution in [3.05, 3.63) is 24.0 Å². The van der Waals surface area contributed by atoms with Gasteiger partial charge < -0.3 is 20.5 Å². The normalized spacial score (nSPS) is 11.6. The molecule has 0 bridgehead atoms. The molecule has 0 saturated heterocycles. The van der Waals surface area contributed by atoms with Crippen LogP contribution >= 0.6 is 0 Å². The molecule has 1 amide bonds. The summed E-state index contributed by atoms with van der Waals surface area (Å²) in [7, 11) is 1.41. The average Bonchev–Trinajstić information content (AvgIpc) is 2.40. The van der Waals surface area contributed by atoms with Gasteiger partial charge in [-0.25, -0.2) is 9.18 Å². The van der Waals surface area contributed by atoms with Crippen molar-refractivity contribution in [1.82, 2.24) is 0 Å². The zero-order chi connectivity index (χ0) is 14.4. The van der Waals surface area contributed by atoms with E-state index < -0.39 is 23.7 Å². The number of amides is 1. The third-order valence-electron chi connectivity index (χ3n) is 2.25. The number of hydrogen-bond donors (Lipinski definition) is 2. The van der Waals surface area contributed by atoms with E-state index in [1.54, 1.807) is 6.92 Å². The van der Waals surface area contributed by atoms with E-state index in [4.69, 9.17) is 10.5 Å². The molecule has 0 aliphatic carbocycles. The maximum atomic E-state index is 13.5. The second kappa shape index (κ2) is 6.69. The summed E-state index contributed by atoms with van der Waals surface area (Å²) in [6, 6.07) is 2.30. The molecule has 1 rings (SSSR count). The highest BCUT2D eigenvalue weighted by molar-refractivity contribution is 6.08. The molecule has 0 saturated carbocycles. The molecule has 0 heterocycles. The van der Waals surface area contributed by atoms with Crippen LogP contribution in [0.1, 0.15) is 6.92 Å². The second-order valence-electron chi connectivity index (χ2n) is 3.56. The lowest BCUT2D eigenvalue weighted by Crippen LogP contribution is -2.43. The van der Waals surface area contributed by atoms with Gasteiger partial charge >= 0.3 is 5.97 Å². The van der Waals surface area contributed by atoms with Gasteiger partial charge in [-0.1, -0.05) is 0 Å². The summed E-state index contributed by atoms with van der Waals surface area (Å²) in [5, 5.41) is 2.20. The largest absolute Gasteiger partial charge is 0.497 e. The summed E-state index contributed by atoms with van der Waals surface area (Å²) in [5.74, 6) is -2.03. The van der Waals surface area contributed by atoms with Crippen LogP contribution in [0.15, 0.2) is 18.2 Å². The minimum Gasteiger partial charge on any atom is -0.497 e. The van der Waals surface area contributed by atoms with Crippen molar-refractivity contribution in [2.75, 3.05) is 19.0 Å². The molecule has 1 atom stereocenters. The van der Waals surface area contributed by atoms with Crippen LogP contribution in [-0.4, -0.2) is 31.6 Å². The van der Waals surface area contributed by atoms with Crippen LogP contribution in [0.4, 0.5) is 10.1 Å². The number of rotatable bonds is 5. The molecular formula is C12H15FN2O4. The highest BCUT2D eigenvalue weighted by Crippen LogP contribution is 2.21. The molecule has 3 N–H and O–H groups in total. The fourth-order valence-electron chi connectivity index (χ4n) is 1.28. The van der Waals surface area contributed by atoms with E-state index in [2.05, 4.69) is 10.1 Å². The van der Waals surface area contributed by atoms with E-state index in [0.717, 1.165) is 6.07 Å². The van der Waals surface area contributed by atoms with E-state index in [9.17, 15) is 14.0 Å². The van der Waals surface area contributed by atoms with Gasteiger partial charge in [-0.15, -0.1) is 0 Å². The van der Waals surface area contributed by atoms with Gasteiger partial charge in [-0.05, 0) is 19.1 Å². The molecule has 0 fully saturated rings. The Labute approximate surface area is 109 Å². The number of carbonyl (C=O) groups is 2. The van der Waals surface area contributed by atoms with Crippen molar-refractivity contribution in [2.45, 2.75) is 13.0 Å². The molecule has 0 aliphatic heterocycles. The minimum atomic E-state index is -1.51. The Kier molecular flexibility index (Phi) is 5.25. The van der Waals surface area contributed by atoms with Crippen molar-refractivity contribution in [2.24, 2.45) is 5.73 Å².